The lowest BCUT2D eigenvalue weighted by Crippen LogP contribution is -2.03. The summed E-state index contributed by atoms with van der Waals surface area (Å²) in [5, 5.41) is 9.27. The Morgan fingerprint density at radius 3 is 2.71 bits per heavy atom. The summed E-state index contributed by atoms with van der Waals surface area (Å²) in [4.78, 5) is 5.10. The van der Waals surface area contributed by atoms with Gasteiger partial charge in [0.2, 0.25) is 0 Å². The molecule has 0 aliphatic heterocycles. The molecule has 2 rings (SSSR count). The van der Waals surface area contributed by atoms with Crippen LogP contribution in [0.5, 0.6) is 5.75 Å². The Morgan fingerprint density at radius 2 is 2.12 bits per heavy atom. The maximum absolute atomic E-state index is 9.27. The van der Waals surface area contributed by atoms with Crippen molar-refractivity contribution >= 4 is 11.3 Å². The maximum Gasteiger partial charge on any atom is 0.124 e. The average Bonchev–Trinajstić information content (AvgIpc) is 2.80. The molecule has 0 aliphatic rings. The number of ether oxygens (including phenoxy) is 1. The van der Waals surface area contributed by atoms with Crippen LogP contribution in [-0.2, 0) is 13.0 Å². The molecule has 1 heterocycles. The predicted molar refractivity (Wildman–Crippen MR) is 68.3 cm³/mol. The first-order chi connectivity index (χ1) is 8.24. The first-order valence-corrected chi connectivity index (χ1v) is 6.39. The third kappa shape index (κ3) is 3.84. The second-order valence-electron chi connectivity index (χ2n) is 3.95. The molecule has 0 fully saturated rings. The van der Waals surface area contributed by atoms with Crippen molar-refractivity contribution in [2.45, 2.75) is 26.1 Å². The van der Waals surface area contributed by atoms with Gasteiger partial charge in [0.25, 0.3) is 0 Å². The van der Waals surface area contributed by atoms with Crippen LogP contribution < -0.4 is 4.74 Å². The van der Waals surface area contributed by atoms with Gasteiger partial charge in [-0.05, 0) is 31.0 Å². The van der Waals surface area contributed by atoms with Gasteiger partial charge in [0.1, 0.15) is 12.4 Å². The number of thiazole rings is 1. The van der Waals surface area contributed by atoms with Gasteiger partial charge in [-0.25, -0.2) is 0 Å². The molecule has 1 aromatic heterocycles. The van der Waals surface area contributed by atoms with E-state index >= 15 is 0 Å². The SMILES string of the molecule is CC(O)Cc1ccc(OCc2cncs2)cc1. The average molecular weight is 249 g/mol. The van der Waals surface area contributed by atoms with E-state index in [1.807, 2.05) is 30.5 Å². The smallest absolute Gasteiger partial charge is 0.124 e. The fourth-order valence-electron chi connectivity index (χ4n) is 1.53. The molecule has 90 valence electrons. The van der Waals surface area contributed by atoms with Gasteiger partial charge in [0.15, 0.2) is 0 Å². The fourth-order valence-corrected chi connectivity index (χ4v) is 2.04. The second kappa shape index (κ2) is 5.80. The highest BCUT2D eigenvalue weighted by molar-refractivity contribution is 7.09. The summed E-state index contributed by atoms with van der Waals surface area (Å²) in [5.74, 6) is 0.841. The molecule has 0 radical (unpaired) electrons. The third-order valence-corrected chi connectivity index (χ3v) is 3.07. The number of nitrogens with zero attached hydrogens (tertiary/aromatic N) is 1. The molecule has 17 heavy (non-hydrogen) atoms. The van der Waals surface area contributed by atoms with Crippen molar-refractivity contribution < 1.29 is 9.84 Å². The summed E-state index contributed by atoms with van der Waals surface area (Å²) in [7, 11) is 0. The van der Waals surface area contributed by atoms with E-state index in [-0.39, 0.29) is 6.10 Å². The van der Waals surface area contributed by atoms with E-state index in [0.29, 0.717) is 13.0 Å². The van der Waals surface area contributed by atoms with Crippen molar-refractivity contribution in [3.8, 4) is 5.75 Å². The van der Waals surface area contributed by atoms with Gasteiger partial charge in [-0.2, -0.15) is 0 Å². The van der Waals surface area contributed by atoms with Gasteiger partial charge in [-0.15, -0.1) is 11.3 Å². The summed E-state index contributed by atoms with van der Waals surface area (Å²) in [6, 6.07) is 7.82. The molecule has 1 atom stereocenters. The summed E-state index contributed by atoms with van der Waals surface area (Å²) >= 11 is 1.58. The Hall–Kier alpha value is -1.39. The number of hydrogen-bond donors (Lipinski definition) is 1. The Kier molecular flexibility index (Phi) is 4.12. The molecular formula is C13H15NO2S. The normalized spacial score (nSPS) is 12.4. The van der Waals surface area contributed by atoms with Gasteiger partial charge >= 0.3 is 0 Å². The molecular weight excluding hydrogens is 234 g/mol. The lowest BCUT2D eigenvalue weighted by atomic mass is 10.1. The van der Waals surface area contributed by atoms with Gasteiger partial charge < -0.3 is 9.84 Å². The first kappa shape index (κ1) is 12.1. The topological polar surface area (TPSA) is 42.4 Å². The zero-order chi connectivity index (χ0) is 12.1. The quantitative estimate of drug-likeness (QED) is 0.885. The van der Waals surface area contributed by atoms with Crippen molar-refractivity contribution in [1.82, 2.24) is 4.98 Å². The zero-order valence-electron chi connectivity index (χ0n) is 9.67. The van der Waals surface area contributed by atoms with Gasteiger partial charge in [0, 0.05) is 6.20 Å². The van der Waals surface area contributed by atoms with Crippen LogP contribution in [0.4, 0.5) is 0 Å². The minimum atomic E-state index is -0.307. The maximum atomic E-state index is 9.27. The molecule has 0 bridgehead atoms. The Morgan fingerprint density at radius 1 is 1.35 bits per heavy atom. The standard InChI is InChI=1S/C13H15NO2S/c1-10(15)6-11-2-4-12(5-3-11)16-8-13-7-14-9-17-13/h2-5,7,9-10,15H,6,8H2,1H3. The molecule has 1 N–H and O–H groups in total. The Labute approximate surface area is 105 Å². The van der Waals surface area contributed by atoms with Crippen LogP contribution in [-0.4, -0.2) is 16.2 Å². The van der Waals surface area contributed by atoms with Crippen molar-refractivity contribution in [3.05, 3.63) is 46.4 Å². The molecule has 0 saturated carbocycles. The minimum absolute atomic E-state index is 0.307. The number of benzene rings is 1. The molecule has 1 aromatic carbocycles. The van der Waals surface area contributed by atoms with Crippen LogP contribution in [0.15, 0.2) is 36.0 Å². The molecule has 0 spiro atoms. The number of hydrogen-bond acceptors (Lipinski definition) is 4. The summed E-state index contributed by atoms with van der Waals surface area (Å²) in [6.45, 7) is 2.34. The third-order valence-electron chi connectivity index (χ3n) is 2.32. The Balaban J connectivity index is 1.89. The van der Waals surface area contributed by atoms with Gasteiger partial charge in [0.05, 0.1) is 16.5 Å². The minimum Gasteiger partial charge on any atom is -0.488 e. The van der Waals surface area contributed by atoms with Crippen molar-refractivity contribution in [2.75, 3.05) is 0 Å². The van der Waals surface area contributed by atoms with E-state index in [2.05, 4.69) is 4.98 Å². The molecule has 0 saturated heterocycles. The number of rotatable bonds is 5. The Bertz CT molecular complexity index is 437. The van der Waals surface area contributed by atoms with Crippen LogP contribution in [0.25, 0.3) is 0 Å². The van der Waals surface area contributed by atoms with Crippen LogP contribution >= 0.6 is 11.3 Å². The van der Waals surface area contributed by atoms with Crippen LogP contribution in [0.2, 0.25) is 0 Å². The van der Waals surface area contributed by atoms with Crippen LogP contribution in [0.1, 0.15) is 17.4 Å². The van der Waals surface area contributed by atoms with E-state index < -0.39 is 0 Å². The molecule has 3 nitrogen and oxygen atoms in total. The lowest BCUT2D eigenvalue weighted by molar-refractivity contribution is 0.195. The number of aliphatic hydroxyl groups excluding tert-OH is 1. The van der Waals surface area contributed by atoms with E-state index in [9.17, 15) is 5.11 Å². The van der Waals surface area contributed by atoms with Crippen molar-refractivity contribution in [3.63, 3.8) is 0 Å². The van der Waals surface area contributed by atoms with E-state index in [1.54, 1.807) is 23.8 Å². The van der Waals surface area contributed by atoms with E-state index in [0.717, 1.165) is 16.2 Å². The molecule has 0 aliphatic carbocycles. The van der Waals surface area contributed by atoms with E-state index in [1.165, 1.54) is 0 Å². The highest BCUT2D eigenvalue weighted by Gasteiger charge is 2.00. The molecule has 4 heteroatoms. The van der Waals surface area contributed by atoms with Crippen LogP contribution in [0, 0.1) is 0 Å². The van der Waals surface area contributed by atoms with Gasteiger partial charge in [-0.1, -0.05) is 12.1 Å². The number of aliphatic hydroxyl groups is 1. The number of aromatic nitrogens is 1. The molecule has 0 amide bonds. The van der Waals surface area contributed by atoms with Gasteiger partial charge in [-0.3, -0.25) is 4.98 Å². The molecule has 1 unspecified atom stereocenters. The highest BCUT2D eigenvalue weighted by Crippen LogP contribution is 2.16. The molecule has 2 aromatic rings. The zero-order valence-corrected chi connectivity index (χ0v) is 10.5. The summed E-state index contributed by atoms with van der Waals surface area (Å²) in [6.07, 6.45) is 2.18. The summed E-state index contributed by atoms with van der Waals surface area (Å²) in [5.41, 5.74) is 2.91. The first-order valence-electron chi connectivity index (χ1n) is 5.51. The fraction of sp³-hybridized carbons (Fsp3) is 0.308. The highest BCUT2D eigenvalue weighted by atomic mass is 32.1. The second-order valence-corrected chi connectivity index (χ2v) is 4.92. The predicted octanol–water partition coefficient (Wildman–Crippen LogP) is 2.65. The monoisotopic (exact) mass is 249 g/mol. The van der Waals surface area contributed by atoms with Crippen molar-refractivity contribution in [1.29, 1.82) is 0 Å². The lowest BCUT2D eigenvalue weighted by Gasteiger charge is -2.07. The van der Waals surface area contributed by atoms with Crippen LogP contribution in [0.3, 0.4) is 0 Å². The van der Waals surface area contributed by atoms with E-state index in [4.69, 9.17) is 4.74 Å². The van der Waals surface area contributed by atoms with Crippen molar-refractivity contribution in [2.24, 2.45) is 0 Å². The summed E-state index contributed by atoms with van der Waals surface area (Å²) < 4.78 is 5.62. The largest absolute Gasteiger partial charge is 0.488 e.